The van der Waals surface area contributed by atoms with E-state index in [0.717, 1.165) is 0 Å². The minimum atomic E-state index is -0.669. The largest absolute Gasteiger partial charge is 0.493 e. The number of ether oxygens (including phenoxy) is 3. The van der Waals surface area contributed by atoms with Crippen LogP contribution in [0.4, 0.5) is 0 Å². The molecule has 126 valence electrons. The van der Waals surface area contributed by atoms with Crippen molar-refractivity contribution in [1.82, 2.24) is 4.57 Å². The van der Waals surface area contributed by atoms with E-state index >= 15 is 0 Å². The Morgan fingerprint density at radius 3 is 2.46 bits per heavy atom. The molecule has 2 rings (SSSR count). The van der Waals surface area contributed by atoms with Gasteiger partial charge in [-0.25, -0.2) is 0 Å². The van der Waals surface area contributed by atoms with Gasteiger partial charge in [0.1, 0.15) is 6.54 Å². The van der Waals surface area contributed by atoms with Crippen LogP contribution in [0.25, 0.3) is 0 Å². The predicted molar refractivity (Wildman–Crippen MR) is 85.5 cm³/mol. The summed E-state index contributed by atoms with van der Waals surface area (Å²) in [5, 5.41) is 0. The van der Waals surface area contributed by atoms with Crippen molar-refractivity contribution in [1.29, 1.82) is 0 Å². The van der Waals surface area contributed by atoms with E-state index in [9.17, 15) is 14.4 Å². The molecule has 1 aromatic carbocycles. The summed E-state index contributed by atoms with van der Waals surface area (Å²) in [6.45, 7) is -0.672. The lowest BCUT2D eigenvalue weighted by atomic mass is 10.1. The molecule has 0 saturated heterocycles. The number of rotatable bonds is 7. The van der Waals surface area contributed by atoms with E-state index in [1.807, 2.05) is 0 Å². The van der Waals surface area contributed by atoms with Crippen LogP contribution in [-0.2, 0) is 16.1 Å². The second-order valence-corrected chi connectivity index (χ2v) is 4.82. The summed E-state index contributed by atoms with van der Waals surface area (Å²) < 4.78 is 16.3. The Labute approximate surface area is 138 Å². The molecule has 0 N–H and O–H groups in total. The van der Waals surface area contributed by atoms with Gasteiger partial charge in [-0.2, -0.15) is 0 Å². The molecule has 24 heavy (non-hydrogen) atoms. The number of carbonyl (C=O) groups excluding carboxylic acids is 2. The van der Waals surface area contributed by atoms with Crippen molar-refractivity contribution in [2.45, 2.75) is 6.54 Å². The van der Waals surface area contributed by atoms with Crippen LogP contribution >= 0.6 is 0 Å². The fourth-order valence-corrected chi connectivity index (χ4v) is 2.02. The number of esters is 1. The third kappa shape index (κ3) is 4.22. The lowest BCUT2D eigenvalue weighted by Gasteiger charge is -2.09. The van der Waals surface area contributed by atoms with Gasteiger partial charge < -0.3 is 18.8 Å². The van der Waals surface area contributed by atoms with Crippen molar-refractivity contribution in [3.05, 3.63) is 58.5 Å². The fraction of sp³-hybridized carbons (Fsp3) is 0.235. The summed E-state index contributed by atoms with van der Waals surface area (Å²) in [6, 6.07) is 9.20. The Balaban J connectivity index is 1.96. The highest BCUT2D eigenvalue weighted by Gasteiger charge is 2.13. The highest BCUT2D eigenvalue weighted by molar-refractivity contribution is 5.98. The molecule has 1 heterocycles. The lowest BCUT2D eigenvalue weighted by Crippen LogP contribution is -2.25. The molecule has 0 bridgehead atoms. The maximum atomic E-state index is 12.1. The van der Waals surface area contributed by atoms with Gasteiger partial charge in [0.25, 0.3) is 5.56 Å². The number of methoxy groups -OCH3 is 2. The van der Waals surface area contributed by atoms with E-state index in [2.05, 4.69) is 0 Å². The average molecular weight is 331 g/mol. The Kier molecular flexibility index (Phi) is 5.73. The van der Waals surface area contributed by atoms with Crippen molar-refractivity contribution in [3.63, 3.8) is 0 Å². The van der Waals surface area contributed by atoms with Crippen molar-refractivity contribution in [2.24, 2.45) is 0 Å². The second-order valence-electron chi connectivity index (χ2n) is 4.82. The van der Waals surface area contributed by atoms with Gasteiger partial charge in [-0.1, -0.05) is 6.07 Å². The van der Waals surface area contributed by atoms with Gasteiger partial charge in [-0.3, -0.25) is 14.4 Å². The zero-order chi connectivity index (χ0) is 17.5. The Bertz CT molecular complexity index is 796. The number of carbonyl (C=O) groups is 2. The zero-order valence-corrected chi connectivity index (χ0v) is 13.4. The molecule has 2 aromatic rings. The quantitative estimate of drug-likeness (QED) is 0.561. The van der Waals surface area contributed by atoms with Crippen LogP contribution in [0.1, 0.15) is 10.4 Å². The first kappa shape index (κ1) is 17.3. The number of benzene rings is 1. The van der Waals surface area contributed by atoms with Crippen molar-refractivity contribution in [2.75, 3.05) is 20.8 Å². The van der Waals surface area contributed by atoms with Crippen LogP contribution in [-0.4, -0.2) is 37.1 Å². The molecular weight excluding hydrogens is 314 g/mol. The summed E-state index contributed by atoms with van der Waals surface area (Å²) in [5.41, 5.74) is 0.0120. The molecule has 0 spiro atoms. The molecule has 7 heteroatoms. The van der Waals surface area contributed by atoms with E-state index in [4.69, 9.17) is 14.2 Å². The molecular formula is C17H17NO6. The normalized spacial score (nSPS) is 10.1. The molecule has 0 atom stereocenters. The number of pyridine rings is 1. The first-order valence-electron chi connectivity index (χ1n) is 7.11. The molecule has 0 aliphatic heterocycles. The molecule has 0 saturated carbocycles. The molecule has 0 amide bonds. The van der Waals surface area contributed by atoms with Gasteiger partial charge in [0.15, 0.2) is 23.9 Å². The molecule has 0 radical (unpaired) electrons. The lowest BCUT2D eigenvalue weighted by molar-refractivity contribution is -0.143. The number of hydrogen-bond acceptors (Lipinski definition) is 6. The van der Waals surface area contributed by atoms with Gasteiger partial charge >= 0.3 is 5.97 Å². The summed E-state index contributed by atoms with van der Waals surface area (Å²) in [6.07, 6.45) is 1.47. The highest BCUT2D eigenvalue weighted by atomic mass is 16.5. The van der Waals surface area contributed by atoms with E-state index in [1.54, 1.807) is 24.3 Å². The SMILES string of the molecule is COc1ccc(C(=O)COC(=O)Cn2ccccc2=O)cc1OC. The van der Waals surface area contributed by atoms with Crippen LogP contribution < -0.4 is 15.0 Å². The van der Waals surface area contributed by atoms with Gasteiger partial charge in [0, 0.05) is 17.8 Å². The highest BCUT2D eigenvalue weighted by Crippen LogP contribution is 2.27. The molecule has 0 aliphatic carbocycles. The Hall–Kier alpha value is -3.09. The number of Topliss-reactive ketones (excluding diaryl/α,β-unsaturated/α-hetero) is 1. The average Bonchev–Trinajstić information content (AvgIpc) is 2.61. The van der Waals surface area contributed by atoms with Gasteiger partial charge in [0.2, 0.25) is 0 Å². The molecule has 0 aliphatic rings. The summed E-state index contributed by atoms with van der Waals surface area (Å²) in [7, 11) is 2.95. The van der Waals surface area contributed by atoms with Crippen LogP contribution in [0.3, 0.4) is 0 Å². The van der Waals surface area contributed by atoms with Crippen molar-refractivity contribution in [3.8, 4) is 11.5 Å². The van der Waals surface area contributed by atoms with E-state index in [0.29, 0.717) is 17.1 Å². The summed E-state index contributed by atoms with van der Waals surface area (Å²) in [4.78, 5) is 35.3. The van der Waals surface area contributed by atoms with Crippen LogP contribution in [0.15, 0.2) is 47.4 Å². The topological polar surface area (TPSA) is 83.8 Å². The minimum Gasteiger partial charge on any atom is -0.493 e. The van der Waals surface area contributed by atoms with Gasteiger partial charge in [-0.15, -0.1) is 0 Å². The molecule has 0 fully saturated rings. The minimum absolute atomic E-state index is 0.251. The monoisotopic (exact) mass is 331 g/mol. The third-order valence-electron chi connectivity index (χ3n) is 3.27. The first-order chi connectivity index (χ1) is 11.5. The molecule has 7 nitrogen and oxygen atoms in total. The maximum absolute atomic E-state index is 12.1. The Morgan fingerprint density at radius 1 is 1.04 bits per heavy atom. The van der Waals surface area contributed by atoms with E-state index in [1.165, 1.54) is 37.1 Å². The zero-order valence-electron chi connectivity index (χ0n) is 13.4. The number of nitrogens with zero attached hydrogens (tertiary/aromatic N) is 1. The van der Waals surface area contributed by atoms with Crippen LogP contribution in [0, 0.1) is 0 Å². The van der Waals surface area contributed by atoms with Gasteiger partial charge in [0.05, 0.1) is 14.2 Å². The molecule has 1 aromatic heterocycles. The summed E-state index contributed by atoms with van der Waals surface area (Å²) >= 11 is 0. The Morgan fingerprint density at radius 2 is 1.79 bits per heavy atom. The van der Waals surface area contributed by atoms with Crippen molar-refractivity contribution < 1.29 is 23.8 Å². The second kappa shape index (κ2) is 7.96. The maximum Gasteiger partial charge on any atom is 0.326 e. The van der Waals surface area contributed by atoms with Crippen molar-refractivity contribution >= 4 is 11.8 Å². The molecule has 0 unspecified atom stereocenters. The smallest absolute Gasteiger partial charge is 0.326 e. The van der Waals surface area contributed by atoms with Crippen LogP contribution in [0.5, 0.6) is 11.5 Å². The number of aromatic nitrogens is 1. The van der Waals surface area contributed by atoms with Crippen LogP contribution in [0.2, 0.25) is 0 Å². The van der Waals surface area contributed by atoms with Gasteiger partial charge in [-0.05, 0) is 24.3 Å². The number of ketones is 1. The fourth-order valence-electron chi connectivity index (χ4n) is 2.02. The summed E-state index contributed by atoms with van der Waals surface area (Å²) in [5.74, 6) is -0.151. The predicted octanol–water partition coefficient (Wildman–Crippen LogP) is 1.29. The first-order valence-corrected chi connectivity index (χ1v) is 7.11. The number of hydrogen-bond donors (Lipinski definition) is 0. The van der Waals surface area contributed by atoms with E-state index < -0.39 is 12.6 Å². The third-order valence-corrected chi connectivity index (χ3v) is 3.27. The van der Waals surface area contributed by atoms with E-state index in [-0.39, 0.29) is 17.9 Å². The standard InChI is InChI=1S/C17H17NO6/c1-22-14-7-6-12(9-15(14)23-2)13(19)11-24-17(21)10-18-8-4-3-5-16(18)20/h3-9H,10-11H2,1-2H3.